The Morgan fingerprint density at radius 1 is 1.02 bits per heavy atom. The van der Waals surface area contributed by atoms with Gasteiger partial charge in [-0.1, -0.05) is 31.5 Å². The maximum Gasteiger partial charge on any atom is 0.478 e. The number of benzene rings is 2. The average Bonchev–Trinajstić information content (AvgIpc) is 3.70. The van der Waals surface area contributed by atoms with Gasteiger partial charge in [-0.15, -0.1) is 0 Å². The van der Waals surface area contributed by atoms with Gasteiger partial charge in [0.2, 0.25) is 13.6 Å². The van der Waals surface area contributed by atoms with Crippen LogP contribution in [0.4, 0.5) is 5.69 Å². The Morgan fingerprint density at radius 2 is 1.72 bits per heavy atom. The average molecular weight is 839 g/mol. The number of anilines is 1. The van der Waals surface area contributed by atoms with E-state index in [2.05, 4.69) is 36.3 Å². The minimum Gasteiger partial charge on any atom is -0.493 e. The van der Waals surface area contributed by atoms with Crippen molar-refractivity contribution in [3.63, 3.8) is 0 Å². The maximum atomic E-state index is 14.4. The molecule has 1 fully saturated rings. The summed E-state index contributed by atoms with van der Waals surface area (Å²) in [7, 11) is -4.13. The van der Waals surface area contributed by atoms with Crippen LogP contribution in [0.3, 0.4) is 0 Å². The molecule has 3 aromatic rings. The topological polar surface area (TPSA) is 124 Å². The summed E-state index contributed by atoms with van der Waals surface area (Å²) in [6, 6.07) is 13.7. The number of nitrogens with one attached hydrogen (secondary N) is 1. The summed E-state index contributed by atoms with van der Waals surface area (Å²) >= 11 is 6.43. The monoisotopic (exact) mass is 838 g/mol. The molecule has 4 aliphatic rings. The molecule has 58 heavy (non-hydrogen) atoms. The molecule has 11 nitrogen and oxygen atoms in total. The van der Waals surface area contributed by atoms with E-state index in [-0.39, 0.29) is 24.0 Å². The van der Waals surface area contributed by atoms with Crippen LogP contribution in [-0.4, -0.2) is 47.9 Å². The Morgan fingerprint density at radius 3 is 2.41 bits per heavy atom. The molecule has 1 aromatic heterocycles. The van der Waals surface area contributed by atoms with Crippen molar-refractivity contribution < 1.29 is 41.9 Å². The van der Waals surface area contributed by atoms with Gasteiger partial charge in [-0.3, -0.25) is 14.0 Å². The van der Waals surface area contributed by atoms with Crippen molar-refractivity contribution in [3.8, 4) is 17.2 Å². The zero-order valence-corrected chi connectivity index (χ0v) is 36.9. The fourth-order valence-electron chi connectivity index (χ4n) is 9.51. The summed E-state index contributed by atoms with van der Waals surface area (Å²) in [5, 5.41) is 4.08. The van der Waals surface area contributed by atoms with Crippen molar-refractivity contribution in [3.05, 3.63) is 76.1 Å². The number of hydrogen-bond donors (Lipinski definition) is 1. The molecule has 3 aliphatic carbocycles. The quantitative estimate of drug-likeness (QED) is 0.100. The lowest BCUT2D eigenvalue weighted by Crippen LogP contribution is -2.54. The molecule has 13 heteroatoms. The lowest BCUT2D eigenvalue weighted by Gasteiger charge is -2.48. The summed E-state index contributed by atoms with van der Waals surface area (Å²) in [5.74, 6) is 2.96. The van der Waals surface area contributed by atoms with E-state index in [0.29, 0.717) is 48.9 Å². The molecule has 3 atom stereocenters. The molecule has 0 bridgehead atoms. The first-order chi connectivity index (χ1) is 27.4. The van der Waals surface area contributed by atoms with Gasteiger partial charge in [0.25, 0.3) is 0 Å². The third kappa shape index (κ3) is 9.49. The number of fused-ring (bicyclic) bond motifs is 4. The number of carbonyl (C=O) groups excluding carboxylic acids is 1. The number of nitrogens with zero attached hydrogens (tertiary/aromatic N) is 1. The standard InChI is InChI=1S/C45H60ClN2O9P/c1-29(26-51-37-15-20-47-36-14-9-11-30(2)40(36)37)21-32-22-31-23-38-39(53-27-52-38)25-35(31)44(32)16-18-45(19-17-44,48-34-13-10-12-33(46)24-34)41(49)54-28-55-58(50,56-42(3,4)5)57-43(6,7)8/h10,12-13,15,20,23-25,29-30,32,48H,9,11,14,16-19,21-22,26-28H2,1-8H3/t29-,30-,32+,44?,45?/m1/s1. The molecule has 0 amide bonds. The van der Waals surface area contributed by atoms with Gasteiger partial charge in [0, 0.05) is 28.2 Å². The number of rotatable bonds is 13. The van der Waals surface area contributed by atoms with Crippen LogP contribution in [0.15, 0.2) is 48.7 Å². The second-order valence-corrected chi connectivity index (χ2v) is 20.7. The van der Waals surface area contributed by atoms with Crippen molar-refractivity contribution in [2.24, 2.45) is 11.8 Å². The predicted molar refractivity (Wildman–Crippen MR) is 224 cm³/mol. The summed E-state index contributed by atoms with van der Waals surface area (Å²) in [5.41, 5.74) is 2.60. The van der Waals surface area contributed by atoms with Crippen molar-refractivity contribution in [2.45, 2.75) is 141 Å². The highest BCUT2D eigenvalue weighted by molar-refractivity contribution is 7.48. The van der Waals surface area contributed by atoms with Crippen LogP contribution in [-0.2, 0) is 45.9 Å². The number of ether oxygens (including phenoxy) is 4. The number of carbonyl (C=O) groups is 1. The van der Waals surface area contributed by atoms with Crippen LogP contribution in [0, 0.1) is 11.8 Å². The van der Waals surface area contributed by atoms with Gasteiger partial charge in [0.05, 0.1) is 17.8 Å². The molecule has 316 valence electrons. The molecule has 0 saturated heterocycles. The lowest BCUT2D eigenvalue weighted by atomic mass is 9.59. The van der Waals surface area contributed by atoms with E-state index in [9.17, 15) is 9.36 Å². The number of aromatic nitrogens is 1. The van der Waals surface area contributed by atoms with Crippen LogP contribution in [0.25, 0.3) is 0 Å². The molecule has 1 spiro atoms. The molecular weight excluding hydrogens is 779 g/mol. The minimum atomic E-state index is -4.13. The lowest BCUT2D eigenvalue weighted by molar-refractivity contribution is -0.159. The van der Waals surface area contributed by atoms with Crippen molar-refractivity contribution in [1.82, 2.24) is 4.98 Å². The Kier molecular flexibility index (Phi) is 12.2. The molecule has 7 rings (SSSR count). The van der Waals surface area contributed by atoms with E-state index in [1.54, 1.807) is 53.7 Å². The first kappa shape index (κ1) is 42.8. The van der Waals surface area contributed by atoms with Gasteiger partial charge in [0.1, 0.15) is 11.3 Å². The molecule has 2 heterocycles. The Balaban J connectivity index is 1.13. The number of halogens is 1. The second kappa shape index (κ2) is 16.6. The molecule has 0 radical (unpaired) electrons. The first-order valence-electron chi connectivity index (χ1n) is 20.8. The van der Waals surface area contributed by atoms with Gasteiger partial charge < -0.3 is 24.3 Å². The van der Waals surface area contributed by atoms with Gasteiger partial charge in [-0.2, -0.15) is 0 Å². The fourth-order valence-corrected chi connectivity index (χ4v) is 11.4. The third-order valence-electron chi connectivity index (χ3n) is 11.9. The molecule has 2 aromatic carbocycles. The number of aryl methyl sites for hydroxylation is 1. The van der Waals surface area contributed by atoms with Crippen LogP contribution >= 0.6 is 19.4 Å². The van der Waals surface area contributed by atoms with Crippen molar-refractivity contribution >= 4 is 31.1 Å². The van der Waals surface area contributed by atoms with Gasteiger partial charge >= 0.3 is 13.8 Å². The van der Waals surface area contributed by atoms with Gasteiger partial charge in [-0.05, 0) is 170 Å². The maximum absolute atomic E-state index is 14.4. The highest BCUT2D eigenvalue weighted by atomic mass is 35.5. The van der Waals surface area contributed by atoms with Crippen LogP contribution in [0.2, 0.25) is 5.02 Å². The summed E-state index contributed by atoms with van der Waals surface area (Å²) in [4.78, 5) is 19.1. The van der Waals surface area contributed by atoms with E-state index in [1.165, 1.54) is 22.4 Å². The molecule has 0 unspecified atom stereocenters. The Bertz CT molecular complexity index is 2000. The highest BCUT2D eigenvalue weighted by Gasteiger charge is 2.55. The van der Waals surface area contributed by atoms with E-state index < -0.39 is 37.3 Å². The van der Waals surface area contributed by atoms with E-state index in [0.717, 1.165) is 49.4 Å². The van der Waals surface area contributed by atoms with Gasteiger partial charge in [-0.25, -0.2) is 13.9 Å². The van der Waals surface area contributed by atoms with E-state index >= 15 is 0 Å². The van der Waals surface area contributed by atoms with E-state index in [4.69, 9.17) is 44.1 Å². The Hall–Kier alpha value is -3.34. The van der Waals surface area contributed by atoms with Crippen LogP contribution in [0.5, 0.6) is 17.2 Å². The molecular formula is C45H60ClN2O9P. The predicted octanol–water partition coefficient (Wildman–Crippen LogP) is 11.1. The SMILES string of the molecule is C[C@@H](COc1ccnc2c1[C@H](C)CCC2)C[C@H]1Cc2cc3c(cc2C12CCC(Nc1cccc(Cl)c1)(C(=O)OCOP(=O)(OC(C)(C)C)OC(C)(C)C)CC2)OCO3. The fraction of sp³-hybridized carbons (Fsp3) is 0.600. The summed E-state index contributed by atoms with van der Waals surface area (Å²) in [6.07, 6.45) is 9.35. The Labute approximate surface area is 348 Å². The summed E-state index contributed by atoms with van der Waals surface area (Å²) in [6.45, 7) is 15.3. The third-order valence-corrected chi connectivity index (χ3v) is 14.1. The second-order valence-electron chi connectivity index (χ2n) is 18.8. The minimum absolute atomic E-state index is 0.204. The zero-order valence-electron chi connectivity index (χ0n) is 35.3. The molecule has 1 N–H and O–H groups in total. The van der Waals surface area contributed by atoms with E-state index in [1.807, 2.05) is 24.4 Å². The zero-order chi connectivity index (χ0) is 41.5. The van der Waals surface area contributed by atoms with Crippen LogP contribution in [0.1, 0.15) is 129 Å². The number of esters is 1. The molecule has 1 saturated carbocycles. The number of pyridine rings is 1. The first-order valence-corrected chi connectivity index (χ1v) is 22.6. The number of hydrogen-bond acceptors (Lipinski definition) is 11. The largest absolute Gasteiger partial charge is 0.493 e. The molecule has 1 aliphatic heterocycles. The van der Waals surface area contributed by atoms with Crippen molar-refractivity contribution in [2.75, 3.05) is 25.5 Å². The van der Waals surface area contributed by atoms with Crippen LogP contribution < -0.4 is 19.5 Å². The van der Waals surface area contributed by atoms with Gasteiger partial charge in [0.15, 0.2) is 11.5 Å². The number of phosphoric ester groups is 1. The smallest absolute Gasteiger partial charge is 0.478 e. The van der Waals surface area contributed by atoms with Crippen molar-refractivity contribution in [1.29, 1.82) is 0 Å². The normalized spacial score (nSPS) is 24.6. The number of phosphoric acid groups is 1. The highest BCUT2D eigenvalue weighted by Crippen LogP contribution is 2.59. The summed E-state index contributed by atoms with van der Waals surface area (Å²) < 4.78 is 55.2.